The number of nitrogens with zero attached hydrogens (tertiary/aromatic N) is 4. The summed E-state index contributed by atoms with van der Waals surface area (Å²) in [7, 11) is 0. The summed E-state index contributed by atoms with van der Waals surface area (Å²) >= 11 is 2.93. The molecule has 2 aliphatic rings. The van der Waals surface area contributed by atoms with Gasteiger partial charge < -0.3 is 40.3 Å². The summed E-state index contributed by atoms with van der Waals surface area (Å²) in [5.41, 5.74) is 4.60. The number of aryl methyl sites for hydroxylation is 1. The van der Waals surface area contributed by atoms with Gasteiger partial charge in [0, 0.05) is 50.0 Å². The largest absolute Gasteiger partial charge is 0.480 e. The summed E-state index contributed by atoms with van der Waals surface area (Å²) in [6.45, 7) is 11.5. The first-order chi connectivity index (χ1) is 29.6. The van der Waals surface area contributed by atoms with Crippen LogP contribution in [0.25, 0.3) is 21.7 Å². The number of carbonyl (C=O) groups is 4. The number of anilines is 1. The number of aromatic nitrogens is 2. The summed E-state index contributed by atoms with van der Waals surface area (Å²) in [5, 5.41) is 21.7. The number of ether oxygens (including phenoxy) is 2. The SMILES string of the molecule is Cc1ncsc1-c1ccc(C(C)NC(=O)[C@@H]2C[C@@H](O)CN2C(=O)[C@@H](NC(=O)CCCCCNC(=O)COc2c(-c3csc(N4CCOCC4)n3)ccc(F)c2F)C(C)(C)C)cc1. The first-order valence-corrected chi connectivity index (χ1v) is 22.6. The molecule has 2 aromatic heterocycles. The Bertz CT molecular complexity index is 2190. The zero-order chi connectivity index (χ0) is 44.6. The van der Waals surface area contributed by atoms with Crippen molar-refractivity contribution in [2.45, 2.75) is 91.0 Å². The molecule has 0 radical (unpaired) electrons. The molecule has 18 heteroatoms. The Morgan fingerprint density at radius 1 is 1.00 bits per heavy atom. The lowest BCUT2D eigenvalue weighted by Crippen LogP contribution is -2.57. The highest BCUT2D eigenvalue weighted by Gasteiger charge is 2.44. The molecule has 0 saturated carbocycles. The van der Waals surface area contributed by atoms with Gasteiger partial charge in [0.25, 0.3) is 5.91 Å². The van der Waals surface area contributed by atoms with E-state index in [0.29, 0.717) is 51.3 Å². The average molecular weight is 896 g/mol. The molecule has 14 nitrogen and oxygen atoms in total. The van der Waals surface area contributed by atoms with Crippen molar-refractivity contribution in [3.8, 4) is 27.4 Å². The molecule has 4 aromatic rings. The number of unbranched alkanes of at least 4 members (excludes halogenated alkanes) is 2. The number of benzene rings is 2. The zero-order valence-electron chi connectivity index (χ0n) is 35.7. The lowest BCUT2D eigenvalue weighted by atomic mass is 9.85. The van der Waals surface area contributed by atoms with Gasteiger partial charge in [0.2, 0.25) is 23.5 Å². The lowest BCUT2D eigenvalue weighted by Gasteiger charge is -2.35. The molecule has 4 amide bonds. The number of β-amino-alcohol motifs (C(OH)–C–C–N with tert-alkyl or cyclic N) is 1. The molecule has 6 rings (SSSR count). The summed E-state index contributed by atoms with van der Waals surface area (Å²) in [6, 6.07) is 8.01. The summed E-state index contributed by atoms with van der Waals surface area (Å²) in [6.07, 6.45) is 0.874. The van der Waals surface area contributed by atoms with Gasteiger partial charge in [0.1, 0.15) is 12.1 Å². The number of amides is 4. The first-order valence-electron chi connectivity index (χ1n) is 20.9. The number of likely N-dealkylation sites (tertiary alicyclic amines) is 1. The third-order valence-electron chi connectivity index (χ3n) is 10.9. The molecule has 2 aromatic carbocycles. The lowest BCUT2D eigenvalue weighted by molar-refractivity contribution is -0.144. The van der Waals surface area contributed by atoms with E-state index in [1.165, 1.54) is 22.3 Å². The minimum Gasteiger partial charge on any atom is -0.480 e. The topological polar surface area (TPSA) is 175 Å². The van der Waals surface area contributed by atoms with Crippen LogP contribution in [0.3, 0.4) is 0 Å². The molecular formula is C44H55F2N7O7S2. The quantitative estimate of drug-likeness (QED) is 0.0952. The summed E-state index contributed by atoms with van der Waals surface area (Å²) < 4.78 is 40.1. The maximum Gasteiger partial charge on any atom is 0.257 e. The maximum atomic E-state index is 14.9. The second kappa shape index (κ2) is 20.9. The Kier molecular flexibility index (Phi) is 15.7. The zero-order valence-corrected chi connectivity index (χ0v) is 37.3. The number of halogens is 2. The van der Waals surface area contributed by atoms with Crippen LogP contribution >= 0.6 is 22.7 Å². The smallest absolute Gasteiger partial charge is 0.257 e. The van der Waals surface area contributed by atoms with E-state index in [2.05, 4.69) is 30.8 Å². The van der Waals surface area contributed by atoms with Crippen LogP contribution in [0, 0.1) is 24.0 Å². The Balaban J connectivity index is 0.940. The minimum atomic E-state index is -1.21. The Morgan fingerprint density at radius 3 is 2.44 bits per heavy atom. The Hall–Kier alpha value is -5.04. The van der Waals surface area contributed by atoms with Gasteiger partial charge in [-0.05, 0) is 55.4 Å². The van der Waals surface area contributed by atoms with E-state index in [1.54, 1.807) is 22.2 Å². The van der Waals surface area contributed by atoms with E-state index in [1.807, 2.05) is 58.9 Å². The molecule has 334 valence electrons. The number of nitrogens with one attached hydrogen (secondary N) is 3. The molecule has 1 unspecified atom stereocenters. The molecule has 4 heterocycles. The Morgan fingerprint density at radius 2 is 1.74 bits per heavy atom. The highest BCUT2D eigenvalue weighted by molar-refractivity contribution is 7.14. The fourth-order valence-electron chi connectivity index (χ4n) is 7.42. The second-order valence-corrected chi connectivity index (χ2v) is 18.4. The van der Waals surface area contributed by atoms with Crippen LogP contribution in [-0.2, 0) is 23.9 Å². The van der Waals surface area contributed by atoms with Crippen molar-refractivity contribution in [3.63, 3.8) is 0 Å². The fraction of sp³-hybridized carbons (Fsp3) is 0.500. The monoisotopic (exact) mass is 895 g/mol. The predicted molar refractivity (Wildman–Crippen MR) is 234 cm³/mol. The van der Waals surface area contributed by atoms with Crippen molar-refractivity contribution < 1.29 is 42.5 Å². The van der Waals surface area contributed by atoms with Crippen molar-refractivity contribution >= 4 is 51.4 Å². The molecule has 0 spiro atoms. The van der Waals surface area contributed by atoms with E-state index in [0.717, 1.165) is 32.9 Å². The highest BCUT2D eigenvalue weighted by Crippen LogP contribution is 2.37. The summed E-state index contributed by atoms with van der Waals surface area (Å²) in [5.74, 6) is -4.41. The number of hydrogen-bond acceptors (Lipinski definition) is 12. The standard InChI is InChI=1S/C44H55F2N7O7S2/c1-26(28-10-12-29(13-11-28)39-27(2)48-25-62-39)49-41(57)34-21-30(54)22-53(34)42(58)40(44(3,4)5)51-35(55)9-7-6-8-16-47-36(56)23-60-38-31(14-15-32(45)37(38)46)33-24-61-43(50-33)52-17-19-59-20-18-52/h10-15,24-26,30,34,40,54H,6-9,16-23H2,1-5H3,(H,47,56)(H,49,57)(H,51,55)/t26?,30-,34+,40-/m1/s1. The molecule has 2 fully saturated rings. The fourth-order valence-corrected chi connectivity index (χ4v) is 9.11. The van der Waals surface area contributed by atoms with Crippen molar-refractivity contribution in [2.75, 3.05) is 50.9 Å². The van der Waals surface area contributed by atoms with Gasteiger partial charge in [-0.15, -0.1) is 22.7 Å². The molecule has 0 aliphatic carbocycles. The molecule has 62 heavy (non-hydrogen) atoms. The van der Waals surface area contributed by atoms with Gasteiger partial charge in [-0.25, -0.2) is 14.4 Å². The van der Waals surface area contributed by atoms with Crippen LogP contribution in [0.5, 0.6) is 5.75 Å². The van der Waals surface area contributed by atoms with E-state index in [-0.39, 0.29) is 49.4 Å². The van der Waals surface area contributed by atoms with Gasteiger partial charge in [0.15, 0.2) is 23.3 Å². The van der Waals surface area contributed by atoms with Crippen molar-refractivity contribution in [3.05, 3.63) is 70.2 Å². The molecule has 2 saturated heterocycles. The van der Waals surface area contributed by atoms with E-state index in [9.17, 15) is 33.1 Å². The number of carbonyl (C=O) groups excluding carboxylic acids is 4. The van der Waals surface area contributed by atoms with Gasteiger partial charge in [-0.2, -0.15) is 4.39 Å². The van der Waals surface area contributed by atoms with E-state index >= 15 is 0 Å². The van der Waals surface area contributed by atoms with Crippen molar-refractivity contribution in [1.29, 1.82) is 0 Å². The van der Waals surface area contributed by atoms with Gasteiger partial charge in [-0.3, -0.25) is 19.2 Å². The van der Waals surface area contributed by atoms with Crippen LogP contribution in [0.15, 0.2) is 47.3 Å². The molecule has 0 bridgehead atoms. The predicted octanol–water partition coefficient (Wildman–Crippen LogP) is 5.78. The number of thiazole rings is 2. The number of aliphatic hydroxyl groups excluding tert-OH is 1. The van der Waals surface area contributed by atoms with Gasteiger partial charge in [-0.1, -0.05) is 51.5 Å². The molecule has 2 aliphatic heterocycles. The molecular weight excluding hydrogens is 841 g/mol. The van der Waals surface area contributed by atoms with Crippen LogP contribution < -0.4 is 25.6 Å². The Labute approximate surface area is 368 Å². The van der Waals surface area contributed by atoms with Crippen LogP contribution in [0.4, 0.5) is 13.9 Å². The van der Waals surface area contributed by atoms with Gasteiger partial charge >= 0.3 is 0 Å². The molecule has 4 N–H and O–H groups in total. The van der Waals surface area contributed by atoms with E-state index < -0.39 is 59.4 Å². The first kappa shape index (κ1) is 46.5. The third-order valence-corrected chi connectivity index (χ3v) is 12.8. The summed E-state index contributed by atoms with van der Waals surface area (Å²) in [4.78, 5) is 66.9. The average Bonchev–Trinajstić information content (AvgIpc) is 4.01. The second-order valence-electron chi connectivity index (χ2n) is 16.7. The minimum absolute atomic E-state index is 0.0340. The third kappa shape index (κ3) is 11.7. The van der Waals surface area contributed by atoms with Gasteiger partial charge in [0.05, 0.1) is 47.1 Å². The molecule has 4 atom stereocenters. The number of aliphatic hydroxyl groups is 1. The van der Waals surface area contributed by atoms with Crippen LogP contribution in [0.1, 0.15) is 77.1 Å². The van der Waals surface area contributed by atoms with E-state index in [4.69, 9.17) is 9.47 Å². The van der Waals surface area contributed by atoms with Crippen LogP contribution in [-0.4, -0.2) is 108 Å². The van der Waals surface area contributed by atoms with Crippen molar-refractivity contribution in [1.82, 2.24) is 30.8 Å². The number of hydrogen-bond donors (Lipinski definition) is 4. The maximum absolute atomic E-state index is 14.9. The highest BCUT2D eigenvalue weighted by atomic mass is 32.1. The normalized spacial score (nSPS) is 17.7. The van der Waals surface area contributed by atoms with Crippen LogP contribution in [0.2, 0.25) is 0 Å². The number of morpholine rings is 1. The number of rotatable bonds is 17. The van der Waals surface area contributed by atoms with Crippen molar-refractivity contribution in [2.24, 2.45) is 5.41 Å².